The van der Waals surface area contributed by atoms with Gasteiger partial charge in [-0.2, -0.15) is 0 Å². The van der Waals surface area contributed by atoms with E-state index in [-0.39, 0.29) is 6.61 Å². The molecule has 0 amide bonds. The van der Waals surface area contributed by atoms with Gasteiger partial charge in [0.15, 0.2) is 0 Å². The molecule has 4 heteroatoms. The Morgan fingerprint density at radius 1 is 1.21 bits per heavy atom. The summed E-state index contributed by atoms with van der Waals surface area (Å²) in [5, 5.41) is 12.2. The van der Waals surface area contributed by atoms with Gasteiger partial charge in [0.2, 0.25) is 0 Å². The van der Waals surface area contributed by atoms with Crippen molar-refractivity contribution >= 4 is 17.1 Å². The van der Waals surface area contributed by atoms with Gasteiger partial charge in [-0.25, -0.2) is 0 Å². The number of nitrogens with zero attached hydrogens (tertiary/aromatic N) is 1. The van der Waals surface area contributed by atoms with E-state index >= 15 is 0 Å². The molecule has 4 nitrogen and oxygen atoms in total. The number of anilines is 3. The number of nitrogens with two attached hydrogens (primary N) is 1. The summed E-state index contributed by atoms with van der Waals surface area (Å²) in [6, 6.07) is 9.89. The number of aryl methyl sites for hydroxylation is 2. The van der Waals surface area contributed by atoms with Crippen LogP contribution in [0, 0.1) is 13.8 Å². The summed E-state index contributed by atoms with van der Waals surface area (Å²) in [6.07, 6.45) is 0.676. The Labute approximate surface area is 113 Å². The van der Waals surface area contributed by atoms with Crippen molar-refractivity contribution in [3.63, 3.8) is 0 Å². The number of benzene rings is 1. The van der Waals surface area contributed by atoms with Gasteiger partial charge in [-0.3, -0.25) is 4.98 Å². The van der Waals surface area contributed by atoms with Gasteiger partial charge in [-0.15, -0.1) is 0 Å². The Kier molecular flexibility index (Phi) is 4.02. The Morgan fingerprint density at radius 3 is 2.53 bits per heavy atom. The van der Waals surface area contributed by atoms with E-state index in [2.05, 4.69) is 10.3 Å². The lowest BCUT2D eigenvalue weighted by molar-refractivity contribution is 0.299. The summed E-state index contributed by atoms with van der Waals surface area (Å²) < 4.78 is 0. The van der Waals surface area contributed by atoms with Crippen molar-refractivity contribution in [3.05, 3.63) is 47.3 Å². The highest BCUT2D eigenvalue weighted by Gasteiger charge is 2.05. The maximum Gasteiger partial charge on any atom is 0.0769 e. The quantitative estimate of drug-likeness (QED) is 0.787. The number of rotatable bonds is 4. The van der Waals surface area contributed by atoms with Crippen molar-refractivity contribution in [2.24, 2.45) is 0 Å². The Hall–Kier alpha value is -2.07. The normalized spacial score (nSPS) is 10.5. The number of aliphatic hydroxyl groups is 1. The van der Waals surface area contributed by atoms with Gasteiger partial charge in [-0.05, 0) is 44.0 Å². The number of pyridine rings is 1. The predicted molar refractivity (Wildman–Crippen MR) is 78.6 cm³/mol. The molecule has 0 fully saturated rings. The lowest BCUT2D eigenvalue weighted by Gasteiger charge is -2.12. The topological polar surface area (TPSA) is 71.2 Å². The molecular formula is C15H19N3O. The fraction of sp³-hybridized carbons (Fsp3) is 0.267. The number of hydrogen-bond acceptors (Lipinski definition) is 4. The van der Waals surface area contributed by atoms with Gasteiger partial charge in [-0.1, -0.05) is 12.1 Å². The molecule has 0 aliphatic heterocycles. The molecule has 1 aromatic carbocycles. The van der Waals surface area contributed by atoms with Crippen LogP contribution in [0.4, 0.5) is 17.1 Å². The highest BCUT2D eigenvalue weighted by molar-refractivity contribution is 5.74. The molecule has 0 unspecified atom stereocenters. The van der Waals surface area contributed by atoms with Gasteiger partial charge < -0.3 is 16.2 Å². The van der Waals surface area contributed by atoms with E-state index < -0.39 is 0 Å². The van der Waals surface area contributed by atoms with Gasteiger partial charge in [0.05, 0.1) is 17.1 Å². The second kappa shape index (κ2) is 5.71. The van der Waals surface area contributed by atoms with Crippen molar-refractivity contribution in [3.8, 4) is 0 Å². The lowest BCUT2D eigenvalue weighted by Crippen LogP contribution is -2.02. The lowest BCUT2D eigenvalue weighted by atomic mass is 10.1. The molecule has 2 aromatic rings. The minimum Gasteiger partial charge on any atom is -0.396 e. The zero-order valence-corrected chi connectivity index (χ0v) is 11.3. The van der Waals surface area contributed by atoms with Crippen molar-refractivity contribution in [1.82, 2.24) is 4.98 Å². The summed E-state index contributed by atoms with van der Waals surface area (Å²) in [6.45, 7) is 4.02. The van der Waals surface area contributed by atoms with E-state index in [1.165, 1.54) is 0 Å². The van der Waals surface area contributed by atoms with Crippen LogP contribution in [0.15, 0.2) is 30.3 Å². The van der Waals surface area contributed by atoms with Gasteiger partial charge >= 0.3 is 0 Å². The van der Waals surface area contributed by atoms with Crippen molar-refractivity contribution < 1.29 is 5.11 Å². The van der Waals surface area contributed by atoms with Crippen LogP contribution in [-0.2, 0) is 6.42 Å². The average molecular weight is 257 g/mol. The maximum absolute atomic E-state index is 8.88. The Morgan fingerprint density at radius 2 is 1.89 bits per heavy atom. The molecule has 0 aliphatic rings. The third-order valence-corrected chi connectivity index (χ3v) is 3.01. The zero-order valence-electron chi connectivity index (χ0n) is 11.3. The third-order valence-electron chi connectivity index (χ3n) is 3.01. The van der Waals surface area contributed by atoms with E-state index in [0.29, 0.717) is 12.1 Å². The van der Waals surface area contributed by atoms with Crippen LogP contribution in [0.25, 0.3) is 0 Å². The summed E-state index contributed by atoms with van der Waals surface area (Å²) >= 11 is 0. The summed E-state index contributed by atoms with van der Waals surface area (Å²) in [7, 11) is 0. The van der Waals surface area contributed by atoms with Crippen molar-refractivity contribution in [2.45, 2.75) is 20.3 Å². The zero-order chi connectivity index (χ0) is 13.8. The van der Waals surface area contributed by atoms with E-state index in [1.54, 1.807) is 0 Å². The van der Waals surface area contributed by atoms with Gasteiger partial charge in [0.1, 0.15) is 0 Å². The number of aromatic nitrogens is 1. The van der Waals surface area contributed by atoms with Crippen molar-refractivity contribution in [1.29, 1.82) is 0 Å². The number of hydrogen-bond donors (Lipinski definition) is 3. The molecule has 0 saturated carbocycles. The number of nitrogen functional groups attached to an aromatic ring is 1. The molecule has 19 heavy (non-hydrogen) atoms. The van der Waals surface area contributed by atoms with Crippen LogP contribution in [0.2, 0.25) is 0 Å². The first-order chi connectivity index (χ1) is 9.10. The summed E-state index contributed by atoms with van der Waals surface area (Å²) in [4.78, 5) is 4.32. The maximum atomic E-state index is 8.88. The molecule has 0 spiro atoms. The molecule has 0 aliphatic carbocycles. The first-order valence-corrected chi connectivity index (χ1v) is 6.30. The molecule has 1 aromatic heterocycles. The highest BCUT2D eigenvalue weighted by Crippen LogP contribution is 2.26. The minimum absolute atomic E-state index is 0.169. The van der Waals surface area contributed by atoms with Crippen LogP contribution < -0.4 is 11.1 Å². The molecule has 0 saturated heterocycles. The number of aliphatic hydroxyl groups excluding tert-OH is 1. The molecule has 4 N–H and O–H groups in total. The second-order valence-electron chi connectivity index (χ2n) is 4.61. The summed E-state index contributed by atoms with van der Waals surface area (Å²) in [5.74, 6) is 0. The Bertz CT molecular complexity index is 564. The standard InChI is InChI=1S/C15H19N3O/c1-10-9-14(15(16)11(2)17-10)18-13-5-3-12(4-6-13)7-8-19/h3-6,9,19H,7-8,16H2,1-2H3,(H,17,18). The molecule has 0 radical (unpaired) electrons. The fourth-order valence-corrected chi connectivity index (χ4v) is 1.98. The largest absolute Gasteiger partial charge is 0.396 e. The monoisotopic (exact) mass is 257 g/mol. The molecule has 0 atom stereocenters. The number of nitrogens with one attached hydrogen (secondary N) is 1. The molecular weight excluding hydrogens is 238 g/mol. The average Bonchev–Trinajstić information content (AvgIpc) is 2.38. The minimum atomic E-state index is 0.169. The molecule has 100 valence electrons. The highest BCUT2D eigenvalue weighted by atomic mass is 16.2. The first-order valence-electron chi connectivity index (χ1n) is 6.30. The molecule has 2 rings (SSSR count). The van der Waals surface area contributed by atoms with Crippen LogP contribution in [0.5, 0.6) is 0 Å². The third kappa shape index (κ3) is 3.23. The van der Waals surface area contributed by atoms with E-state index in [9.17, 15) is 0 Å². The van der Waals surface area contributed by atoms with Gasteiger partial charge in [0.25, 0.3) is 0 Å². The Balaban J connectivity index is 2.21. The van der Waals surface area contributed by atoms with Gasteiger partial charge in [0, 0.05) is 18.0 Å². The molecule has 1 heterocycles. The van der Waals surface area contributed by atoms with Crippen molar-refractivity contribution in [2.75, 3.05) is 17.7 Å². The summed E-state index contributed by atoms with van der Waals surface area (Å²) in [5.41, 5.74) is 11.4. The van der Waals surface area contributed by atoms with Crippen LogP contribution in [-0.4, -0.2) is 16.7 Å². The predicted octanol–water partition coefficient (Wildman–Crippen LogP) is 2.56. The SMILES string of the molecule is Cc1cc(Nc2ccc(CCO)cc2)c(N)c(C)n1. The van der Waals surface area contributed by atoms with Crippen LogP contribution in [0.1, 0.15) is 17.0 Å². The van der Waals surface area contributed by atoms with Crippen LogP contribution in [0.3, 0.4) is 0 Å². The van der Waals surface area contributed by atoms with E-state index in [4.69, 9.17) is 10.8 Å². The van der Waals surface area contributed by atoms with E-state index in [0.717, 1.165) is 28.3 Å². The fourth-order valence-electron chi connectivity index (χ4n) is 1.98. The molecule has 0 bridgehead atoms. The second-order valence-corrected chi connectivity index (χ2v) is 4.61. The first kappa shape index (κ1) is 13.4. The van der Waals surface area contributed by atoms with Crippen LogP contribution >= 0.6 is 0 Å². The van der Waals surface area contributed by atoms with E-state index in [1.807, 2.05) is 44.2 Å². The smallest absolute Gasteiger partial charge is 0.0769 e.